The second kappa shape index (κ2) is 8.64. The van der Waals surface area contributed by atoms with Crippen molar-refractivity contribution in [1.29, 1.82) is 0 Å². The molecule has 2 unspecified atom stereocenters. The molecule has 1 amide bonds. The summed E-state index contributed by atoms with van der Waals surface area (Å²) in [4.78, 5) is 15.8. The van der Waals surface area contributed by atoms with Crippen molar-refractivity contribution in [2.75, 3.05) is 6.54 Å². The van der Waals surface area contributed by atoms with E-state index in [2.05, 4.69) is 10.3 Å². The lowest BCUT2D eigenvalue weighted by atomic mass is 10.0. The molecule has 0 aromatic carbocycles. The number of aryl methyl sites for hydroxylation is 1. The number of amides is 1. The number of aliphatic hydroxyl groups is 1. The zero-order chi connectivity index (χ0) is 14.1. The third-order valence-electron chi connectivity index (χ3n) is 3.37. The molecule has 4 heteroatoms. The fourth-order valence-electron chi connectivity index (χ4n) is 1.76. The van der Waals surface area contributed by atoms with Gasteiger partial charge in [0.1, 0.15) is 0 Å². The molecule has 0 aliphatic heterocycles. The molecule has 1 aromatic rings. The normalized spacial score (nSPS) is 13.8. The topological polar surface area (TPSA) is 62.2 Å². The van der Waals surface area contributed by atoms with Crippen LogP contribution < -0.4 is 5.32 Å². The molecule has 0 saturated heterocycles. The van der Waals surface area contributed by atoms with Crippen molar-refractivity contribution in [3.63, 3.8) is 0 Å². The molecule has 1 heterocycles. The highest BCUT2D eigenvalue weighted by Crippen LogP contribution is 2.06. The van der Waals surface area contributed by atoms with Crippen LogP contribution in [0.1, 0.15) is 38.8 Å². The molecule has 0 fully saturated rings. The summed E-state index contributed by atoms with van der Waals surface area (Å²) in [6.07, 6.45) is 4.29. The Morgan fingerprint density at radius 2 is 2.26 bits per heavy atom. The van der Waals surface area contributed by atoms with Gasteiger partial charge < -0.3 is 10.4 Å². The number of nitrogens with one attached hydrogen (secondary N) is 1. The van der Waals surface area contributed by atoms with Crippen LogP contribution in [0.3, 0.4) is 0 Å². The van der Waals surface area contributed by atoms with E-state index in [1.54, 1.807) is 6.20 Å². The quantitative estimate of drug-likeness (QED) is 0.754. The van der Waals surface area contributed by atoms with Crippen LogP contribution in [0, 0.1) is 5.92 Å². The fourth-order valence-corrected chi connectivity index (χ4v) is 1.76. The first-order valence-corrected chi connectivity index (χ1v) is 6.98. The standard InChI is InChI=1S/C15H24N2O2/c1-3-12(2)14(18)11-17-15(19)9-6-8-13-7-4-5-10-16-13/h4-5,7,10,12,14,18H,3,6,8-9,11H2,1-2H3,(H,17,19). The predicted octanol–water partition coefficient (Wildman–Crippen LogP) is 1.93. The van der Waals surface area contributed by atoms with Gasteiger partial charge in [0.05, 0.1) is 6.10 Å². The van der Waals surface area contributed by atoms with E-state index in [9.17, 15) is 9.90 Å². The van der Waals surface area contributed by atoms with Crippen molar-refractivity contribution < 1.29 is 9.90 Å². The number of hydrogen-bond donors (Lipinski definition) is 2. The number of carbonyl (C=O) groups is 1. The average Bonchev–Trinajstić information content (AvgIpc) is 2.45. The highest BCUT2D eigenvalue weighted by Gasteiger charge is 2.13. The number of carbonyl (C=O) groups excluding carboxylic acids is 1. The number of hydrogen-bond acceptors (Lipinski definition) is 3. The highest BCUT2D eigenvalue weighted by molar-refractivity contribution is 5.75. The first kappa shape index (κ1) is 15.6. The summed E-state index contributed by atoms with van der Waals surface area (Å²) in [6, 6.07) is 5.79. The Hall–Kier alpha value is -1.42. The number of rotatable bonds is 8. The third kappa shape index (κ3) is 6.34. The molecule has 0 radical (unpaired) electrons. The number of aromatic nitrogens is 1. The van der Waals surface area contributed by atoms with Crippen LogP contribution in [0.2, 0.25) is 0 Å². The van der Waals surface area contributed by atoms with Gasteiger partial charge in [-0.3, -0.25) is 9.78 Å². The molecule has 19 heavy (non-hydrogen) atoms. The summed E-state index contributed by atoms with van der Waals surface area (Å²) in [7, 11) is 0. The molecule has 2 N–H and O–H groups in total. The van der Waals surface area contributed by atoms with E-state index >= 15 is 0 Å². The maximum atomic E-state index is 11.6. The summed E-state index contributed by atoms with van der Waals surface area (Å²) in [5, 5.41) is 12.5. The average molecular weight is 264 g/mol. The fraction of sp³-hybridized carbons (Fsp3) is 0.600. The zero-order valence-corrected chi connectivity index (χ0v) is 11.8. The van der Waals surface area contributed by atoms with E-state index in [0.29, 0.717) is 13.0 Å². The lowest BCUT2D eigenvalue weighted by molar-refractivity contribution is -0.121. The van der Waals surface area contributed by atoms with Crippen LogP contribution in [0.15, 0.2) is 24.4 Å². The van der Waals surface area contributed by atoms with Crippen LogP contribution in [0.5, 0.6) is 0 Å². The molecule has 0 bridgehead atoms. The summed E-state index contributed by atoms with van der Waals surface area (Å²) in [5.41, 5.74) is 1.01. The summed E-state index contributed by atoms with van der Waals surface area (Å²) in [5.74, 6) is 0.215. The maximum absolute atomic E-state index is 11.6. The van der Waals surface area contributed by atoms with Gasteiger partial charge in [-0.25, -0.2) is 0 Å². The van der Waals surface area contributed by atoms with E-state index in [-0.39, 0.29) is 11.8 Å². The van der Waals surface area contributed by atoms with Crippen LogP contribution in [0.25, 0.3) is 0 Å². The van der Waals surface area contributed by atoms with Gasteiger partial charge in [0.15, 0.2) is 0 Å². The van der Waals surface area contributed by atoms with E-state index < -0.39 is 6.10 Å². The summed E-state index contributed by atoms with van der Waals surface area (Å²) >= 11 is 0. The van der Waals surface area contributed by atoms with Crippen molar-refractivity contribution in [2.45, 2.75) is 45.6 Å². The Balaban J connectivity index is 2.15. The highest BCUT2D eigenvalue weighted by atomic mass is 16.3. The zero-order valence-electron chi connectivity index (χ0n) is 11.8. The Kier molecular flexibility index (Phi) is 7.11. The van der Waals surface area contributed by atoms with Gasteiger partial charge in [-0.2, -0.15) is 0 Å². The van der Waals surface area contributed by atoms with Crippen molar-refractivity contribution >= 4 is 5.91 Å². The van der Waals surface area contributed by atoms with Gasteiger partial charge in [-0.05, 0) is 30.9 Å². The van der Waals surface area contributed by atoms with Gasteiger partial charge in [0, 0.05) is 24.9 Å². The number of aliphatic hydroxyl groups excluding tert-OH is 1. The lowest BCUT2D eigenvalue weighted by Gasteiger charge is -2.17. The first-order chi connectivity index (χ1) is 9.13. The van der Waals surface area contributed by atoms with Gasteiger partial charge in [-0.15, -0.1) is 0 Å². The summed E-state index contributed by atoms with van der Waals surface area (Å²) in [6.45, 7) is 4.36. The van der Waals surface area contributed by atoms with Crippen LogP contribution >= 0.6 is 0 Å². The minimum Gasteiger partial charge on any atom is -0.391 e. The largest absolute Gasteiger partial charge is 0.391 e. The predicted molar refractivity (Wildman–Crippen MR) is 75.6 cm³/mol. The van der Waals surface area contributed by atoms with E-state index in [1.807, 2.05) is 32.0 Å². The second-order valence-corrected chi connectivity index (χ2v) is 4.93. The number of nitrogens with zero attached hydrogens (tertiary/aromatic N) is 1. The molecule has 0 aliphatic carbocycles. The van der Waals surface area contributed by atoms with Crippen molar-refractivity contribution in [2.24, 2.45) is 5.92 Å². The molecule has 0 aliphatic rings. The molecule has 0 spiro atoms. The van der Waals surface area contributed by atoms with E-state index in [4.69, 9.17) is 0 Å². The van der Waals surface area contributed by atoms with Gasteiger partial charge in [0.2, 0.25) is 5.91 Å². The van der Waals surface area contributed by atoms with Gasteiger partial charge >= 0.3 is 0 Å². The molecular formula is C15H24N2O2. The lowest BCUT2D eigenvalue weighted by Crippen LogP contribution is -2.35. The van der Waals surface area contributed by atoms with Crippen LogP contribution in [0.4, 0.5) is 0 Å². The van der Waals surface area contributed by atoms with Crippen molar-refractivity contribution in [3.05, 3.63) is 30.1 Å². The number of pyridine rings is 1. The first-order valence-electron chi connectivity index (χ1n) is 6.98. The monoisotopic (exact) mass is 264 g/mol. The Morgan fingerprint density at radius 3 is 2.89 bits per heavy atom. The molecule has 1 rings (SSSR count). The van der Waals surface area contributed by atoms with E-state index in [1.165, 1.54) is 0 Å². The smallest absolute Gasteiger partial charge is 0.220 e. The maximum Gasteiger partial charge on any atom is 0.220 e. The molecule has 4 nitrogen and oxygen atoms in total. The Labute approximate surface area is 115 Å². The van der Waals surface area contributed by atoms with Crippen molar-refractivity contribution in [1.82, 2.24) is 10.3 Å². The summed E-state index contributed by atoms with van der Waals surface area (Å²) < 4.78 is 0. The van der Waals surface area contributed by atoms with Crippen LogP contribution in [-0.2, 0) is 11.2 Å². The molecule has 0 saturated carbocycles. The Morgan fingerprint density at radius 1 is 1.47 bits per heavy atom. The molecular weight excluding hydrogens is 240 g/mol. The van der Waals surface area contributed by atoms with Crippen molar-refractivity contribution in [3.8, 4) is 0 Å². The minimum absolute atomic E-state index is 0.00159. The Bertz CT molecular complexity index is 368. The second-order valence-electron chi connectivity index (χ2n) is 4.93. The van der Waals surface area contributed by atoms with Crippen LogP contribution in [-0.4, -0.2) is 28.6 Å². The molecule has 2 atom stereocenters. The SMILES string of the molecule is CCC(C)C(O)CNC(=O)CCCc1ccccn1. The molecule has 1 aromatic heterocycles. The van der Waals surface area contributed by atoms with Gasteiger partial charge in [-0.1, -0.05) is 26.3 Å². The van der Waals surface area contributed by atoms with E-state index in [0.717, 1.165) is 25.0 Å². The minimum atomic E-state index is -0.454. The molecule has 106 valence electrons. The van der Waals surface area contributed by atoms with Gasteiger partial charge in [0.25, 0.3) is 0 Å². The third-order valence-corrected chi connectivity index (χ3v) is 3.37.